The van der Waals surface area contributed by atoms with Gasteiger partial charge in [0.15, 0.2) is 0 Å². The zero-order valence-corrected chi connectivity index (χ0v) is 27.1. The van der Waals surface area contributed by atoms with E-state index in [1.807, 2.05) is 0 Å². The van der Waals surface area contributed by atoms with E-state index in [1.165, 1.54) is 11.1 Å². The molecule has 6 unspecified atom stereocenters. The molecule has 0 aromatic carbocycles. The molecule has 33 heavy (non-hydrogen) atoms. The highest BCUT2D eigenvalue weighted by Crippen LogP contribution is 2.90. The lowest BCUT2D eigenvalue weighted by atomic mass is 9.68. The van der Waals surface area contributed by atoms with E-state index in [2.05, 4.69) is 129 Å². The van der Waals surface area contributed by atoms with E-state index >= 15 is 0 Å². The second-order valence-corrected chi connectivity index (χ2v) is 21.8. The fraction of sp³-hybridized carbons (Fsp3) is 0.704. The van der Waals surface area contributed by atoms with Crippen molar-refractivity contribution in [2.45, 2.75) is 90.6 Å². The van der Waals surface area contributed by atoms with Crippen LogP contribution < -0.4 is 0 Å². The van der Waals surface area contributed by atoms with Crippen LogP contribution in [0.5, 0.6) is 0 Å². The quantitative estimate of drug-likeness (QED) is 0.333. The van der Waals surface area contributed by atoms with Crippen molar-refractivity contribution < 1.29 is 0 Å². The lowest BCUT2D eigenvalue weighted by Crippen LogP contribution is -2.54. The molecule has 0 bridgehead atoms. The summed E-state index contributed by atoms with van der Waals surface area (Å²) in [4.78, 5) is 0. The molecular weight excluding hydrogens is 476 g/mol. The summed E-state index contributed by atoms with van der Waals surface area (Å²) >= 11 is 0. The van der Waals surface area contributed by atoms with Gasteiger partial charge in [-0.2, -0.15) is 0 Å². The van der Waals surface area contributed by atoms with Crippen LogP contribution in [0, 0.1) is 5.41 Å². The second-order valence-electron chi connectivity index (χ2n) is 13.0. The van der Waals surface area contributed by atoms with Crippen molar-refractivity contribution in [2.75, 3.05) is 26.7 Å². The fourth-order valence-corrected chi connectivity index (χ4v) is 24.6. The molecule has 0 aromatic heterocycles. The van der Waals surface area contributed by atoms with Crippen molar-refractivity contribution in [1.82, 2.24) is 8.88 Å². The van der Waals surface area contributed by atoms with Gasteiger partial charge in [0, 0.05) is 16.5 Å². The summed E-state index contributed by atoms with van der Waals surface area (Å²) < 4.78 is 5.87. The van der Waals surface area contributed by atoms with Gasteiger partial charge in [-0.25, -0.2) is 0 Å². The Morgan fingerprint density at radius 3 is 1.18 bits per heavy atom. The Bertz CT molecular complexity index is 915. The van der Waals surface area contributed by atoms with Crippen LogP contribution in [0.2, 0.25) is 0 Å². The highest BCUT2D eigenvalue weighted by atomic mass is 31.2. The predicted octanol–water partition coefficient (Wildman–Crippen LogP) is 9.51. The monoisotopic (exact) mass is 522 g/mol. The minimum absolute atomic E-state index is 0.0985. The van der Waals surface area contributed by atoms with Gasteiger partial charge in [0.05, 0.1) is 10.3 Å². The molecule has 6 heteroatoms. The van der Waals surface area contributed by atoms with Gasteiger partial charge in [0.2, 0.25) is 0 Å². The van der Waals surface area contributed by atoms with Crippen molar-refractivity contribution in [2.24, 2.45) is 5.41 Å². The van der Waals surface area contributed by atoms with Crippen LogP contribution in [-0.4, -0.2) is 56.9 Å². The van der Waals surface area contributed by atoms with E-state index in [4.69, 9.17) is 0 Å². The number of rotatable bonds is 2. The number of hydrogen-bond donors (Lipinski definition) is 0. The van der Waals surface area contributed by atoms with Crippen LogP contribution in [0.3, 0.4) is 0 Å². The molecule has 4 rings (SSSR count). The first kappa shape index (κ1) is 26.7. The van der Waals surface area contributed by atoms with Crippen molar-refractivity contribution in [3.05, 3.63) is 46.1 Å². The summed E-state index contributed by atoms with van der Waals surface area (Å²) in [7, 11) is -1.36. The van der Waals surface area contributed by atoms with Crippen molar-refractivity contribution >= 4 is 32.3 Å². The molecule has 0 aromatic rings. The molecule has 0 saturated carbocycles. The predicted molar refractivity (Wildman–Crippen MR) is 157 cm³/mol. The molecule has 2 nitrogen and oxygen atoms in total. The van der Waals surface area contributed by atoms with Crippen molar-refractivity contribution in [3.63, 3.8) is 0 Å². The molecule has 0 radical (unpaired) electrons. The topological polar surface area (TPSA) is 6.48 Å². The van der Waals surface area contributed by atoms with Gasteiger partial charge < -0.3 is 0 Å². The first-order valence-corrected chi connectivity index (χ1v) is 19.2. The molecule has 4 aliphatic rings. The third-order valence-electron chi connectivity index (χ3n) is 8.34. The standard InChI is InChI=1S/C27H46N2P4/c1-19-15-21-26(17-19,32(13)28(30(21)11)23(3,4)5)25(9,10)27-18-20(2)16-22(27)31(12)29(33(27)14)24(6,7)8/h15-18H,1-14H3. The second kappa shape index (κ2) is 7.80. The van der Waals surface area contributed by atoms with Crippen molar-refractivity contribution in [3.8, 4) is 0 Å². The molecular formula is C27H46N2P4. The van der Waals surface area contributed by atoms with E-state index in [1.54, 1.807) is 10.6 Å². The molecule has 2 aliphatic heterocycles. The van der Waals surface area contributed by atoms with Crippen LogP contribution in [-0.2, 0) is 0 Å². The van der Waals surface area contributed by atoms with Gasteiger partial charge in [0.1, 0.15) is 0 Å². The maximum absolute atomic E-state index is 2.93. The maximum Gasteiger partial charge on any atom is 0.0554 e. The summed E-state index contributed by atoms with van der Waals surface area (Å²) in [5.74, 6) is 0. The lowest BCUT2D eigenvalue weighted by Gasteiger charge is -2.57. The molecule has 2 aliphatic carbocycles. The molecule has 0 N–H and O–H groups in total. The molecule has 184 valence electrons. The summed E-state index contributed by atoms with van der Waals surface area (Å²) in [6, 6.07) is 0. The lowest BCUT2D eigenvalue weighted by molar-refractivity contribution is 0.281. The highest BCUT2D eigenvalue weighted by molar-refractivity contribution is 7.79. The summed E-state index contributed by atoms with van der Waals surface area (Å²) in [6.45, 7) is 34.9. The molecule has 2 fully saturated rings. The van der Waals surface area contributed by atoms with Crippen LogP contribution in [0.4, 0.5) is 0 Å². The molecule has 6 atom stereocenters. The maximum atomic E-state index is 2.93. The van der Waals surface area contributed by atoms with Gasteiger partial charge in [0.25, 0.3) is 0 Å². The van der Waals surface area contributed by atoms with Crippen LogP contribution in [0.1, 0.15) is 69.2 Å². The molecule has 2 saturated heterocycles. The van der Waals surface area contributed by atoms with Gasteiger partial charge in [-0.3, -0.25) is 8.88 Å². The van der Waals surface area contributed by atoms with E-state index in [0.717, 1.165) is 0 Å². The largest absolute Gasteiger partial charge is 0.250 e. The Labute approximate surface area is 209 Å². The third-order valence-corrected chi connectivity index (χ3v) is 22.8. The number of hydrogen-bond acceptors (Lipinski definition) is 2. The molecule has 0 amide bonds. The van der Waals surface area contributed by atoms with E-state index in [-0.39, 0.29) is 59.1 Å². The number of allylic oxidation sites excluding steroid dienone is 8. The minimum Gasteiger partial charge on any atom is -0.250 e. The summed E-state index contributed by atoms with van der Waals surface area (Å²) in [6.07, 6.45) is 10.6. The highest BCUT2D eigenvalue weighted by Gasteiger charge is 2.72. The van der Waals surface area contributed by atoms with Gasteiger partial charge in [-0.1, -0.05) is 49.3 Å². The Kier molecular flexibility index (Phi) is 6.30. The normalized spacial score (nSPS) is 39.9. The van der Waals surface area contributed by atoms with E-state index in [9.17, 15) is 0 Å². The molecule has 2 heterocycles. The van der Waals surface area contributed by atoms with E-state index in [0.29, 0.717) is 0 Å². The number of fused-ring (bicyclic) bond motifs is 2. The number of nitrogens with zero attached hydrogens (tertiary/aromatic N) is 2. The average Bonchev–Trinajstić information content (AvgIpc) is 3.28. The fourth-order valence-electron chi connectivity index (χ4n) is 7.55. The van der Waals surface area contributed by atoms with Gasteiger partial charge in [-0.15, -0.1) is 0 Å². The Morgan fingerprint density at radius 2 is 0.909 bits per heavy atom. The Hall–Kier alpha value is 0.600. The van der Waals surface area contributed by atoms with Crippen LogP contribution in [0.25, 0.3) is 0 Å². The SMILES string of the molecule is CC1=CC2(C(C)(C)C34C=C(C)C=C3P(C)N(C(C)(C)C)P4C)C(=C1)P(C)N(C(C)(C)C)P2C. The smallest absolute Gasteiger partial charge is 0.0554 e. The van der Waals surface area contributed by atoms with Crippen LogP contribution in [0.15, 0.2) is 46.1 Å². The minimum atomic E-state index is -0.370. The van der Waals surface area contributed by atoms with Gasteiger partial charge in [-0.05, 0) is 125 Å². The zero-order valence-electron chi connectivity index (χ0n) is 23.5. The zero-order chi connectivity index (χ0) is 25.1. The first-order valence-electron chi connectivity index (χ1n) is 12.2. The summed E-state index contributed by atoms with van der Waals surface area (Å²) in [5.41, 5.74) is 3.45. The van der Waals surface area contributed by atoms with Gasteiger partial charge >= 0.3 is 0 Å². The molecule has 0 spiro atoms. The van der Waals surface area contributed by atoms with E-state index < -0.39 is 0 Å². The average molecular weight is 523 g/mol. The Balaban J connectivity index is 1.99. The third kappa shape index (κ3) is 3.27. The first-order chi connectivity index (χ1) is 14.9. The van der Waals surface area contributed by atoms with Crippen molar-refractivity contribution in [1.29, 1.82) is 0 Å². The Morgan fingerprint density at radius 1 is 0.606 bits per heavy atom. The summed E-state index contributed by atoms with van der Waals surface area (Å²) in [5, 5.41) is 3.74. The van der Waals surface area contributed by atoms with Crippen LogP contribution >= 0.6 is 32.3 Å².